The highest BCUT2D eigenvalue weighted by Crippen LogP contribution is 1.86. The van der Waals surface area contributed by atoms with E-state index in [0.717, 1.165) is 0 Å². The van der Waals surface area contributed by atoms with Crippen LogP contribution in [0.3, 0.4) is 0 Å². The Hall–Kier alpha value is -0.420. The van der Waals surface area contributed by atoms with Crippen LogP contribution in [0.5, 0.6) is 0 Å². The highest BCUT2D eigenvalue weighted by molar-refractivity contribution is 7.85. The molecule has 0 aliphatic carbocycles. The second-order valence-electron chi connectivity index (χ2n) is 2.09. The van der Waals surface area contributed by atoms with E-state index in [-0.39, 0.29) is 5.75 Å². The van der Waals surface area contributed by atoms with E-state index >= 15 is 0 Å². The van der Waals surface area contributed by atoms with Gasteiger partial charge in [-0.25, -0.2) is 0 Å². The van der Waals surface area contributed by atoms with E-state index in [1.807, 2.05) is 0 Å². The predicted octanol–water partition coefficient (Wildman–Crippen LogP) is -0.0554. The molecular formula is C7H14O4S. The van der Waals surface area contributed by atoms with Crippen LogP contribution in [0.2, 0.25) is 0 Å². The largest absolute Gasteiger partial charge is 0.465 e. The van der Waals surface area contributed by atoms with Gasteiger partial charge in [0, 0.05) is 23.7 Å². The third-order valence-corrected chi connectivity index (χ3v) is 2.28. The molecule has 0 spiro atoms. The smallest absolute Gasteiger partial charge is 0.318 e. The lowest BCUT2D eigenvalue weighted by atomic mass is 10.8. The van der Waals surface area contributed by atoms with E-state index < -0.39 is 16.8 Å². The number of hydrogen-bond acceptors (Lipinski definition) is 4. The molecule has 1 unspecified atom stereocenters. The summed E-state index contributed by atoms with van der Waals surface area (Å²) in [5.74, 6) is -0.0566. The van der Waals surface area contributed by atoms with Crippen molar-refractivity contribution in [1.82, 2.24) is 0 Å². The van der Waals surface area contributed by atoms with Crippen molar-refractivity contribution in [2.45, 2.75) is 6.92 Å². The molecule has 0 bridgehead atoms. The van der Waals surface area contributed by atoms with Crippen molar-refractivity contribution in [1.29, 1.82) is 0 Å². The Bertz CT molecular complexity index is 157. The van der Waals surface area contributed by atoms with Gasteiger partial charge in [-0.3, -0.25) is 9.00 Å². The molecule has 5 heteroatoms. The summed E-state index contributed by atoms with van der Waals surface area (Å²) >= 11 is 0. The summed E-state index contributed by atoms with van der Waals surface area (Å²) < 4.78 is 20.3. The highest BCUT2D eigenvalue weighted by atomic mass is 32.2. The third kappa shape index (κ3) is 6.30. The maximum atomic E-state index is 11.0. The van der Waals surface area contributed by atoms with Crippen LogP contribution in [0.25, 0.3) is 0 Å². The fourth-order valence-corrected chi connectivity index (χ4v) is 1.43. The van der Waals surface area contributed by atoms with Crippen molar-refractivity contribution >= 4 is 16.8 Å². The van der Waals surface area contributed by atoms with E-state index in [2.05, 4.69) is 4.74 Å². The van der Waals surface area contributed by atoms with E-state index in [4.69, 9.17) is 4.74 Å². The Balaban J connectivity index is 3.47. The first-order valence-electron chi connectivity index (χ1n) is 3.70. The van der Waals surface area contributed by atoms with E-state index in [9.17, 15) is 9.00 Å². The first kappa shape index (κ1) is 11.6. The SMILES string of the molecule is CCOC(=O)CS(=O)CCOC. The fourth-order valence-electron chi connectivity index (χ4n) is 0.583. The lowest BCUT2D eigenvalue weighted by Crippen LogP contribution is -2.17. The van der Waals surface area contributed by atoms with Crippen molar-refractivity contribution in [2.75, 3.05) is 31.8 Å². The van der Waals surface area contributed by atoms with Crippen molar-refractivity contribution in [3.63, 3.8) is 0 Å². The first-order chi connectivity index (χ1) is 5.70. The number of carbonyl (C=O) groups excluding carboxylic acids is 1. The number of methoxy groups -OCH3 is 1. The standard InChI is InChI=1S/C7H14O4S/c1-3-11-7(8)6-12(9)5-4-10-2/h3-6H2,1-2H3. The Kier molecular flexibility index (Phi) is 6.99. The molecule has 0 saturated carbocycles. The van der Waals surface area contributed by atoms with Crippen LogP contribution >= 0.6 is 0 Å². The molecule has 0 aliphatic heterocycles. The monoisotopic (exact) mass is 194 g/mol. The minimum absolute atomic E-state index is 0.0306. The van der Waals surface area contributed by atoms with Gasteiger partial charge >= 0.3 is 5.97 Å². The lowest BCUT2D eigenvalue weighted by molar-refractivity contribution is -0.139. The molecule has 0 heterocycles. The molecule has 0 aromatic heterocycles. The van der Waals surface area contributed by atoms with Gasteiger partial charge in [0.05, 0.1) is 13.2 Å². The van der Waals surface area contributed by atoms with Crippen LogP contribution in [0.15, 0.2) is 0 Å². The van der Waals surface area contributed by atoms with Crippen LogP contribution in [-0.2, 0) is 25.1 Å². The average molecular weight is 194 g/mol. The summed E-state index contributed by atoms with van der Waals surface area (Å²) in [6.45, 7) is 2.46. The molecule has 1 atom stereocenters. The number of hydrogen-bond donors (Lipinski definition) is 0. The van der Waals surface area contributed by atoms with Gasteiger partial charge in [0.1, 0.15) is 5.75 Å². The zero-order valence-electron chi connectivity index (χ0n) is 7.37. The minimum atomic E-state index is -1.15. The summed E-state index contributed by atoms with van der Waals surface area (Å²) in [5.41, 5.74) is 0. The second kappa shape index (κ2) is 7.24. The van der Waals surface area contributed by atoms with Crippen molar-refractivity contribution in [3.05, 3.63) is 0 Å². The van der Waals surface area contributed by atoms with E-state index in [0.29, 0.717) is 19.0 Å². The molecule has 12 heavy (non-hydrogen) atoms. The van der Waals surface area contributed by atoms with Gasteiger partial charge in [0.15, 0.2) is 0 Å². The molecule has 72 valence electrons. The summed E-state index contributed by atoms with van der Waals surface area (Å²) in [6, 6.07) is 0. The fraction of sp³-hybridized carbons (Fsp3) is 0.857. The second-order valence-corrected chi connectivity index (χ2v) is 3.66. The van der Waals surface area contributed by atoms with Gasteiger partial charge in [-0.15, -0.1) is 0 Å². The van der Waals surface area contributed by atoms with E-state index in [1.54, 1.807) is 6.92 Å². The molecule has 0 saturated heterocycles. The number of carbonyl (C=O) groups is 1. The zero-order valence-corrected chi connectivity index (χ0v) is 8.19. The zero-order chi connectivity index (χ0) is 9.40. The summed E-state index contributed by atoms with van der Waals surface area (Å²) in [5, 5.41) is 0. The Labute approximate surface area is 74.7 Å². The lowest BCUT2D eigenvalue weighted by Gasteiger charge is -2.01. The maximum Gasteiger partial charge on any atom is 0.318 e. The average Bonchev–Trinajstić information content (AvgIpc) is 2.01. The molecule has 0 radical (unpaired) electrons. The quantitative estimate of drug-likeness (QED) is 0.556. The summed E-state index contributed by atoms with van der Waals surface area (Å²) in [6.07, 6.45) is 0. The molecule has 0 aliphatic rings. The number of rotatable bonds is 6. The Morgan fingerprint density at radius 3 is 2.67 bits per heavy atom. The molecule has 0 N–H and O–H groups in total. The summed E-state index contributed by atoms with van der Waals surface area (Å²) in [7, 11) is 0.378. The minimum Gasteiger partial charge on any atom is -0.465 e. The van der Waals surface area contributed by atoms with Crippen LogP contribution in [0, 0.1) is 0 Å². The third-order valence-electron chi connectivity index (χ3n) is 1.10. The first-order valence-corrected chi connectivity index (χ1v) is 5.19. The van der Waals surface area contributed by atoms with Crippen LogP contribution in [0.4, 0.5) is 0 Å². The maximum absolute atomic E-state index is 11.0. The molecule has 0 amide bonds. The summed E-state index contributed by atoms with van der Waals surface area (Å²) in [4.78, 5) is 10.8. The topological polar surface area (TPSA) is 52.6 Å². The molecule has 0 aromatic rings. The van der Waals surface area contributed by atoms with Crippen LogP contribution in [-0.4, -0.2) is 42.0 Å². The molecular weight excluding hydrogens is 180 g/mol. The Morgan fingerprint density at radius 2 is 2.17 bits per heavy atom. The van der Waals surface area contributed by atoms with Crippen LogP contribution < -0.4 is 0 Å². The predicted molar refractivity (Wildman–Crippen MR) is 46.4 cm³/mol. The van der Waals surface area contributed by atoms with Gasteiger partial charge in [0.25, 0.3) is 0 Å². The molecule has 4 nitrogen and oxygen atoms in total. The van der Waals surface area contributed by atoms with Gasteiger partial charge < -0.3 is 9.47 Å². The normalized spacial score (nSPS) is 12.5. The van der Waals surface area contributed by atoms with Crippen molar-refractivity contribution in [2.24, 2.45) is 0 Å². The molecule has 0 aromatic carbocycles. The van der Waals surface area contributed by atoms with Gasteiger partial charge in [-0.05, 0) is 6.92 Å². The van der Waals surface area contributed by atoms with Crippen molar-refractivity contribution < 1.29 is 18.5 Å². The number of esters is 1. The van der Waals surface area contributed by atoms with Gasteiger partial charge in [-0.1, -0.05) is 0 Å². The van der Waals surface area contributed by atoms with E-state index in [1.165, 1.54) is 7.11 Å². The molecule has 0 rings (SSSR count). The van der Waals surface area contributed by atoms with Crippen LogP contribution in [0.1, 0.15) is 6.92 Å². The van der Waals surface area contributed by atoms with Crippen molar-refractivity contribution in [3.8, 4) is 0 Å². The molecule has 0 fully saturated rings. The number of ether oxygens (including phenoxy) is 2. The highest BCUT2D eigenvalue weighted by Gasteiger charge is 2.07. The Morgan fingerprint density at radius 1 is 1.50 bits per heavy atom. The van der Waals surface area contributed by atoms with Gasteiger partial charge in [0.2, 0.25) is 0 Å². The van der Waals surface area contributed by atoms with Gasteiger partial charge in [-0.2, -0.15) is 0 Å².